The molecule has 0 aliphatic carbocycles. The minimum Gasteiger partial charge on any atom is -0.399 e. The molecule has 1 aliphatic heterocycles. The largest absolute Gasteiger partial charge is 0.495 e. The monoisotopic (exact) mass is 280 g/mol. The fraction of sp³-hybridized carbons (Fsp3) is 0.375. The summed E-state index contributed by atoms with van der Waals surface area (Å²) in [5, 5.41) is 9.91. The summed E-state index contributed by atoms with van der Waals surface area (Å²) in [6.07, 6.45) is 0. The molecule has 21 heavy (non-hydrogen) atoms. The van der Waals surface area contributed by atoms with Gasteiger partial charge in [-0.25, -0.2) is 4.98 Å². The van der Waals surface area contributed by atoms with Crippen molar-refractivity contribution in [3.8, 4) is 6.07 Å². The van der Waals surface area contributed by atoms with Crippen LogP contribution in [0.5, 0.6) is 0 Å². The molecule has 4 nitrogen and oxygen atoms in total. The SMILES string of the molecule is CC1(C)OB(c2cccc3nc(C#N)ccc23)OC1(C)C. The van der Waals surface area contributed by atoms with Crippen LogP contribution in [0.2, 0.25) is 0 Å². The number of aromatic nitrogens is 1. The lowest BCUT2D eigenvalue weighted by Crippen LogP contribution is -2.41. The lowest BCUT2D eigenvalue weighted by atomic mass is 9.76. The molecule has 0 bridgehead atoms. The second-order valence-electron chi connectivity index (χ2n) is 6.31. The van der Waals surface area contributed by atoms with Crippen molar-refractivity contribution < 1.29 is 9.31 Å². The molecule has 1 saturated heterocycles. The highest BCUT2D eigenvalue weighted by molar-refractivity contribution is 6.65. The topological polar surface area (TPSA) is 55.1 Å². The van der Waals surface area contributed by atoms with Crippen LogP contribution in [0.15, 0.2) is 30.3 Å². The first-order chi connectivity index (χ1) is 9.84. The van der Waals surface area contributed by atoms with Crippen LogP contribution in [0.3, 0.4) is 0 Å². The molecule has 0 radical (unpaired) electrons. The standard InChI is InChI=1S/C16H17BN2O2/c1-15(2)16(3,4)21-17(20-15)13-6-5-7-14-12(13)9-8-11(10-18)19-14/h5-9H,1-4H3. The first kappa shape index (κ1) is 14.1. The third kappa shape index (κ3) is 2.21. The lowest BCUT2D eigenvalue weighted by Gasteiger charge is -2.32. The maximum absolute atomic E-state index is 8.95. The number of rotatable bonds is 1. The minimum atomic E-state index is -0.423. The van der Waals surface area contributed by atoms with Gasteiger partial charge in [-0.05, 0) is 45.3 Å². The third-order valence-corrected chi connectivity index (χ3v) is 4.39. The molecule has 1 aliphatic rings. The Labute approximate surface area is 124 Å². The average Bonchev–Trinajstić information content (AvgIpc) is 2.66. The number of fused-ring (bicyclic) bond motifs is 1. The van der Waals surface area contributed by atoms with Crippen molar-refractivity contribution >= 4 is 23.5 Å². The van der Waals surface area contributed by atoms with Gasteiger partial charge in [0.25, 0.3) is 0 Å². The van der Waals surface area contributed by atoms with Gasteiger partial charge >= 0.3 is 7.12 Å². The smallest absolute Gasteiger partial charge is 0.399 e. The fourth-order valence-corrected chi connectivity index (χ4v) is 2.42. The molecule has 3 rings (SSSR count). The maximum Gasteiger partial charge on any atom is 0.495 e. The fourth-order valence-electron chi connectivity index (χ4n) is 2.42. The van der Waals surface area contributed by atoms with Crippen LogP contribution in [0.4, 0.5) is 0 Å². The van der Waals surface area contributed by atoms with Crippen LogP contribution < -0.4 is 5.46 Å². The van der Waals surface area contributed by atoms with E-state index in [0.717, 1.165) is 16.4 Å². The number of hydrogen-bond donors (Lipinski definition) is 0. The van der Waals surface area contributed by atoms with Crippen molar-refractivity contribution in [2.45, 2.75) is 38.9 Å². The molecule has 0 saturated carbocycles. The molecule has 106 valence electrons. The Balaban J connectivity index is 2.09. The van der Waals surface area contributed by atoms with Gasteiger partial charge in [0.1, 0.15) is 11.8 Å². The van der Waals surface area contributed by atoms with Gasteiger partial charge < -0.3 is 9.31 Å². The minimum absolute atomic E-state index is 0.375. The van der Waals surface area contributed by atoms with E-state index >= 15 is 0 Å². The molecule has 0 atom stereocenters. The molecule has 0 N–H and O–H groups in total. The van der Waals surface area contributed by atoms with E-state index < -0.39 is 7.12 Å². The van der Waals surface area contributed by atoms with E-state index in [2.05, 4.69) is 11.1 Å². The van der Waals surface area contributed by atoms with Crippen LogP contribution in [-0.2, 0) is 9.31 Å². The number of benzene rings is 1. The van der Waals surface area contributed by atoms with Gasteiger partial charge in [0.15, 0.2) is 0 Å². The first-order valence-electron chi connectivity index (χ1n) is 6.99. The summed E-state index contributed by atoms with van der Waals surface area (Å²) in [5.41, 5.74) is 1.39. The lowest BCUT2D eigenvalue weighted by molar-refractivity contribution is 0.00578. The van der Waals surface area contributed by atoms with Crippen LogP contribution >= 0.6 is 0 Å². The van der Waals surface area contributed by atoms with Crippen molar-refractivity contribution in [3.05, 3.63) is 36.0 Å². The molecular formula is C16H17BN2O2. The summed E-state index contributed by atoms with van der Waals surface area (Å²) in [6, 6.07) is 11.5. The summed E-state index contributed by atoms with van der Waals surface area (Å²) >= 11 is 0. The second-order valence-corrected chi connectivity index (χ2v) is 6.31. The molecule has 1 aromatic carbocycles. The van der Waals surface area contributed by atoms with E-state index in [1.165, 1.54) is 0 Å². The van der Waals surface area contributed by atoms with Gasteiger partial charge in [0, 0.05) is 5.39 Å². The Bertz CT molecular complexity index is 734. The van der Waals surface area contributed by atoms with Crippen molar-refractivity contribution in [1.82, 2.24) is 4.98 Å². The van der Waals surface area contributed by atoms with Gasteiger partial charge in [-0.15, -0.1) is 0 Å². The number of nitriles is 1. The maximum atomic E-state index is 8.95. The predicted octanol–water partition coefficient (Wildman–Crippen LogP) is 2.41. The van der Waals surface area contributed by atoms with Gasteiger partial charge in [-0.3, -0.25) is 0 Å². The molecule has 1 fully saturated rings. The molecule has 1 aromatic heterocycles. The zero-order valence-corrected chi connectivity index (χ0v) is 12.7. The van der Waals surface area contributed by atoms with E-state index in [4.69, 9.17) is 14.6 Å². The van der Waals surface area contributed by atoms with E-state index in [-0.39, 0.29) is 11.2 Å². The van der Waals surface area contributed by atoms with Crippen molar-refractivity contribution in [1.29, 1.82) is 5.26 Å². The van der Waals surface area contributed by atoms with E-state index in [1.54, 1.807) is 6.07 Å². The summed E-state index contributed by atoms with van der Waals surface area (Å²) < 4.78 is 12.2. The Morgan fingerprint density at radius 1 is 1.05 bits per heavy atom. The molecule has 0 amide bonds. The Morgan fingerprint density at radius 3 is 2.33 bits per heavy atom. The van der Waals surface area contributed by atoms with Crippen LogP contribution in [-0.4, -0.2) is 23.3 Å². The van der Waals surface area contributed by atoms with E-state index in [1.807, 2.05) is 52.0 Å². The zero-order chi connectivity index (χ0) is 15.3. The van der Waals surface area contributed by atoms with Gasteiger partial charge in [0.05, 0.1) is 16.7 Å². The molecule has 2 heterocycles. The summed E-state index contributed by atoms with van der Waals surface area (Å²) in [4.78, 5) is 4.33. The highest BCUT2D eigenvalue weighted by Crippen LogP contribution is 2.36. The Hall–Kier alpha value is -1.90. The summed E-state index contributed by atoms with van der Waals surface area (Å²) in [5.74, 6) is 0. The van der Waals surface area contributed by atoms with Crippen molar-refractivity contribution in [2.75, 3.05) is 0 Å². The zero-order valence-electron chi connectivity index (χ0n) is 12.7. The number of pyridine rings is 1. The van der Waals surface area contributed by atoms with Gasteiger partial charge in [-0.1, -0.05) is 18.2 Å². The van der Waals surface area contributed by atoms with Crippen LogP contribution in [0.1, 0.15) is 33.4 Å². The summed E-state index contributed by atoms with van der Waals surface area (Å²) in [6.45, 7) is 8.13. The first-order valence-corrected chi connectivity index (χ1v) is 6.99. The average molecular weight is 280 g/mol. The quantitative estimate of drug-likeness (QED) is 0.753. The predicted molar refractivity (Wildman–Crippen MR) is 82.2 cm³/mol. The van der Waals surface area contributed by atoms with Crippen molar-refractivity contribution in [3.63, 3.8) is 0 Å². The van der Waals surface area contributed by atoms with E-state index in [0.29, 0.717) is 5.69 Å². The number of nitrogens with zero attached hydrogens (tertiary/aromatic N) is 2. The Morgan fingerprint density at radius 2 is 1.71 bits per heavy atom. The van der Waals surface area contributed by atoms with Gasteiger partial charge in [0.2, 0.25) is 0 Å². The second kappa shape index (κ2) is 4.55. The molecule has 2 aromatic rings. The van der Waals surface area contributed by atoms with Crippen molar-refractivity contribution in [2.24, 2.45) is 0 Å². The Kier molecular flexibility index (Phi) is 3.05. The van der Waals surface area contributed by atoms with E-state index in [9.17, 15) is 0 Å². The summed E-state index contributed by atoms with van der Waals surface area (Å²) in [7, 11) is -0.423. The number of hydrogen-bond acceptors (Lipinski definition) is 4. The normalized spacial score (nSPS) is 19.7. The van der Waals surface area contributed by atoms with Crippen LogP contribution in [0.25, 0.3) is 10.9 Å². The van der Waals surface area contributed by atoms with Gasteiger partial charge in [-0.2, -0.15) is 5.26 Å². The van der Waals surface area contributed by atoms with Crippen LogP contribution in [0, 0.1) is 11.3 Å². The molecule has 5 heteroatoms. The molecular weight excluding hydrogens is 263 g/mol. The highest BCUT2D eigenvalue weighted by Gasteiger charge is 2.52. The highest BCUT2D eigenvalue weighted by atomic mass is 16.7. The molecule has 0 unspecified atom stereocenters. The third-order valence-electron chi connectivity index (χ3n) is 4.39. The molecule has 0 spiro atoms.